The molecule has 0 spiro atoms. The molecule has 0 fully saturated rings. The Labute approximate surface area is 75.0 Å². The summed E-state index contributed by atoms with van der Waals surface area (Å²) >= 11 is 0. The third-order valence-electron chi connectivity index (χ3n) is 2.43. The molecule has 0 aromatic rings. The zero-order chi connectivity index (χ0) is 9.41. The highest BCUT2D eigenvalue weighted by atomic mass is 16.5. The predicted molar refractivity (Wildman–Crippen MR) is 51.5 cm³/mol. The second kappa shape index (κ2) is 2.75. The van der Waals surface area contributed by atoms with Gasteiger partial charge in [0, 0.05) is 5.41 Å². The second-order valence-electron chi connectivity index (χ2n) is 4.76. The van der Waals surface area contributed by atoms with Crippen LogP contribution in [0.15, 0.2) is 4.99 Å². The van der Waals surface area contributed by atoms with Gasteiger partial charge in [0.1, 0.15) is 6.61 Å². The van der Waals surface area contributed by atoms with Gasteiger partial charge in [-0.05, 0) is 20.3 Å². The maximum absolute atomic E-state index is 5.57. The molecule has 1 rings (SSSR count). The highest BCUT2D eigenvalue weighted by molar-refractivity contribution is 5.83. The molecule has 0 unspecified atom stereocenters. The quantitative estimate of drug-likeness (QED) is 0.622. The fourth-order valence-corrected chi connectivity index (χ4v) is 1.08. The zero-order valence-corrected chi connectivity index (χ0v) is 8.77. The lowest BCUT2D eigenvalue weighted by Gasteiger charge is -2.21. The molecule has 0 saturated heterocycles. The van der Waals surface area contributed by atoms with Gasteiger partial charge >= 0.3 is 0 Å². The summed E-state index contributed by atoms with van der Waals surface area (Å²) in [6.45, 7) is 11.4. The highest BCUT2D eigenvalue weighted by Gasteiger charge is 2.34. The topological polar surface area (TPSA) is 21.6 Å². The minimum Gasteiger partial charge on any atom is -0.478 e. The van der Waals surface area contributed by atoms with Crippen LogP contribution in [0.1, 0.15) is 41.0 Å². The molecule has 70 valence electrons. The minimum atomic E-state index is -0.0121. The van der Waals surface area contributed by atoms with Crippen LogP contribution < -0.4 is 0 Å². The van der Waals surface area contributed by atoms with Crippen molar-refractivity contribution in [2.24, 2.45) is 10.4 Å². The van der Waals surface area contributed by atoms with Gasteiger partial charge in [0.25, 0.3) is 0 Å². The van der Waals surface area contributed by atoms with E-state index < -0.39 is 0 Å². The smallest absolute Gasteiger partial charge is 0.189 e. The van der Waals surface area contributed by atoms with Crippen molar-refractivity contribution in [2.45, 2.75) is 46.6 Å². The summed E-state index contributed by atoms with van der Waals surface area (Å²) in [5, 5.41) is 0. The van der Waals surface area contributed by atoms with Crippen molar-refractivity contribution in [3.8, 4) is 0 Å². The first-order chi connectivity index (χ1) is 5.37. The molecule has 0 aliphatic carbocycles. The number of rotatable bonds is 2. The molecule has 1 aliphatic rings. The normalized spacial score (nSPS) is 21.9. The van der Waals surface area contributed by atoms with E-state index in [4.69, 9.17) is 4.74 Å². The molecule has 0 amide bonds. The standard InChI is InChI=1S/C10H19NO/c1-6-9(2,3)8-11-10(4,5)7-12-8/h6-7H2,1-5H3. The van der Waals surface area contributed by atoms with Gasteiger partial charge in [-0.15, -0.1) is 0 Å². The molecule has 0 radical (unpaired) electrons. The van der Waals surface area contributed by atoms with Gasteiger partial charge in [-0.1, -0.05) is 20.8 Å². The Morgan fingerprint density at radius 2 is 2.08 bits per heavy atom. The molecule has 0 bridgehead atoms. The summed E-state index contributed by atoms with van der Waals surface area (Å²) in [7, 11) is 0. The van der Waals surface area contributed by atoms with Crippen LogP contribution in [-0.4, -0.2) is 18.0 Å². The van der Waals surface area contributed by atoms with Crippen LogP contribution in [0, 0.1) is 5.41 Å². The van der Waals surface area contributed by atoms with Crippen LogP contribution in [0.5, 0.6) is 0 Å². The van der Waals surface area contributed by atoms with E-state index in [0.29, 0.717) is 0 Å². The van der Waals surface area contributed by atoms with Crippen molar-refractivity contribution in [1.29, 1.82) is 0 Å². The number of ether oxygens (including phenoxy) is 1. The Hall–Kier alpha value is -0.530. The SMILES string of the molecule is CCC(C)(C)C1=NC(C)(C)CO1. The van der Waals surface area contributed by atoms with Crippen LogP contribution in [0.25, 0.3) is 0 Å². The summed E-state index contributed by atoms with van der Waals surface area (Å²) in [4.78, 5) is 4.56. The molecule has 2 nitrogen and oxygen atoms in total. The Bertz CT molecular complexity index is 204. The Morgan fingerprint density at radius 1 is 1.50 bits per heavy atom. The van der Waals surface area contributed by atoms with E-state index in [-0.39, 0.29) is 11.0 Å². The average molecular weight is 169 g/mol. The van der Waals surface area contributed by atoms with Crippen molar-refractivity contribution in [1.82, 2.24) is 0 Å². The van der Waals surface area contributed by atoms with Crippen molar-refractivity contribution >= 4 is 5.90 Å². The zero-order valence-electron chi connectivity index (χ0n) is 8.77. The third kappa shape index (κ3) is 1.79. The number of nitrogens with zero attached hydrogens (tertiary/aromatic N) is 1. The van der Waals surface area contributed by atoms with E-state index in [2.05, 4.69) is 39.6 Å². The van der Waals surface area contributed by atoms with Gasteiger partial charge < -0.3 is 4.74 Å². The fourth-order valence-electron chi connectivity index (χ4n) is 1.08. The van der Waals surface area contributed by atoms with Crippen LogP contribution in [0.3, 0.4) is 0 Å². The molecule has 1 aliphatic heterocycles. The Balaban J connectivity index is 2.79. The van der Waals surface area contributed by atoms with Gasteiger partial charge in [-0.3, -0.25) is 0 Å². The lowest BCUT2D eigenvalue weighted by Crippen LogP contribution is -2.23. The van der Waals surface area contributed by atoms with Gasteiger partial charge in [0.2, 0.25) is 0 Å². The van der Waals surface area contributed by atoms with Gasteiger partial charge in [0.15, 0.2) is 5.90 Å². The Morgan fingerprint density at radius 3 is 2.42 bits per heavy atom. The third-order valence-corrected chi connectivity index (χ3v) is 2.43. The van der Waals surface area contributed by atoms with E-state index in [0.717, 1.165) is 18.9 Å². The number of hydrogen-bond acceptors (Lipinski definition) is 2. The number of aliphatic imine (C=N–C) groups is 1. The first-order valence-corrected chi connectivity index (χ1v) is 4.60. The van der Waals surface area contributed by atoms with E-state index in [1.165, 1.54) is 0 Å². The first-order valence-electron chi connectivity index (χ1n) is 4.60. The van der Waals surface area contributed by atoms with Crippen molar-refractivity contribution in [2.75, 3.05) is 6.61 Å². The predicted octanol–water partition coefficient (Wildman–Crippen LogP) is 2.63. The summed E-state index contributed by atoms with van der Waals surface area (Å²) in [6.07, 6.45) is 1.07. The monoisotopic (exact) mass is 169 g/mol. The summed E-state index contributed by atoms with van der Waals surface area (Å²) in [6, 6.07) is 0. The van der Waals surface area contributed by atoms with E-state index in [1.54, 1.807) is 0 Å². The molecule has 0 saturated carbocycles. The average Bonchev–Trinajstić information content (AvgIpc) is 2.31. The lowest BCUT2D eigenvalue weighted by molar-refractivity contribution is 0.248. The van der Waals surface area contributed by atoms with Crippen LogP contribution in [-0.2, 0) is 4.74 Å². The maximum Gasteiger partial charge on any atom is 0.189 e. The van der Waals surface area contributed by atoms with Crippen molar-refractivity contribution in [3.63, 3.8) is 0 Å². The molecule has 0 atom stereocenters. The first kappa shape index (κ1) is 9.56. The highest BCUT2D eigenvalue weighted by Crippen LogP contribution is 2.29. The van der Waals surface area contributed by atoms with E-state index in [9.17, 15) is 0 Å². The van der Waals surface area contributed by atoms with Crippen molar-refractivity contribution < 1.29 is 4.74 Å². The Kier molecular flexibility index (Phi) is 2.19. The fraction of sp³-hybridized carbons (Fsp3) is 0.900. The number of hydrogen-bond donors (Lipinski definition) is 0. The van der Waals surface area contributed by atoms with Gasteiger partial charge in [-0.2, -0.15) is 0 Å². The van der Waals surface area contributed by atoms with Crippen LogP contribution in [0.4, 0.5) is 0 Å². The summed E-state index contributed by atoms with van der Waals surface area (Å²) in [5.41, 5.74) is 0.0928. The van der Waals surface area contributed by atoms with Crippen LogP contribution >= 0.6 is 0 Å². The molecule has 12 heavy (non-hydrogen) atoms. The molecular formula is C10H19NO. The maximum atomic E-state index is 5.57. The van der Waals surface area contributed by atoms with Gasteiger partial charge in [0.05, 0.1) is 5.54 Å². The van der Waals surface area contributed by atoms with E-state index >= 15 is 0 Å². The van der Waals surface area contributed by atoms with Crippen LogP contribution in [0.2, 0.25) is 0 Å². The van der Waals surface area contributed by atoms with Crippen molar-refractivity contribution in [3.05, 3.63) is 0 Å². The molecule has 0 aromatic heterocycles. The lowest BCUT2D eigenvalue weighted by atomic mass is 9.90. The molecular weight excluding hydrogens is 150 g/mol. The summed E-state index contributed by atoms with van der Waals surface area (Å²) in [5.74, 6) is 0.926. The molecule has 1 heterocycles. The molecule has 2 heteroatoms. The summed E-state index contributed by atoms with van der Waals surface area (Å²) < 4.78 is 5.57. The molecule has 0 aromatic carbocycles. The van der Waals surface area contributed by atoms with Gasteiger partial charge in [-0.25, -0.2) is 4.99 Å². The molecule has 0 N–H and O–H groups in total. The minimum absolute atomic E-state index is 0.0121. The second-order valence-corrected chi connectivity index (χ2v) is 4.76. The van der Waals surface area contributed by atoms with E-state index in [1.807, 2.05) is 0 Å². The largest absolute Gasteiger partial charge is 0.478 e.